The molecular formula is C30H32B2N2O3. The van der Waals surface area contributed by atoms with Gasteiger partial charge in [-0.1, -0.05) is 90.4 Å². The molecule has 0 saturated heterocycles. The first-order valence-electron chi connectivity index (χ1n) is 12.6. The molecule has 4 aromatic carbocycles. The van der Waals surface area contributed by atoms with E-state index >= 15 is 0 Å². The third-order valence-electron chi connectivity index (χ3n) is 5.64. The number of ether oxygens (including phenoxy) is 1. The Kier molecular flexibility index (Phi) is 11.2. The van der Waals surface area contributed by atoms with Crippen LogP contribution in [-0.2, 0) is 27.3 Å². The molecule has 4 rings (SSSR count). The normalized spacial score (nSPS) is 10.6. The van der Waals surface area contributed by atoms with Gasteiger partial charge in [-0.25, -0.2) is 0 Å². The van der Waals surface area contributed by atoms with Gasteiger partial charge in [0.1, 0.15) is 0 Å². The van der Waals surface area contributed by atoms with Gasteiger partial charge in [-0.3, -0.25) is 0 Å². The van der Waals surface area contributed by atoms with Crippen molar-refractivity contribution in [2.24, 2.45) is 0 Å². The van der Waals surface area contributed by atoms with Crippen LogP contribution in [0.25, 0.3) is 0 Å². The highest BCUT2D eigenvalue weighted by Gasteiger charge is 2.06. The number of anilines is 2. The number of hydrogen-bond donors (Lipinski definition) is 2. The first-order chi connectivity index (χ1) is 18.4. The summed E-state index contributed by atoms with van der Waals surface area (Å²) in [6.45, 7) is 3.73. The fourth-order valence-corrected chi connectivity index (χ4v) is 3.68. The maximum Gasteiger partial charge on any atom is 0.330 e. The van der Waals surface area contributed by atoms with Crippen LogP contribution in [-0.4, -0.2) is 41.3 Å². The van der Waals surface area contributed by atoms with Crippen LogP contribution in [0.15, 0.2) is 109 Å². The van der Waals surface area contributed by atoms with Crippen LogP contribution in [0.1, 0.15) is 11.1 Å². The fraction of sp³-hybridized carbons (Fsp3) is 0.200. The van der Waals surface area contributed by atoms with E-state index in [0.717, 1.165) is 46.5 Å². The lowest BCUT2D eigenvalue weighted by Gasteiger charge is -2.11. The van der Waals surface area contributed by atoms with Crippen LogP contribution in [0.2, 0.25) is 0 Å². The monoisotopic (exact) mass is 490 g/mol. The summed E-state index contributed by atoms with van der Waals surface area (Å²) in [5.74, 6) is 0. The predicted molar refractivity (Wildman–Crippen MR) is 154 cm³/mol. The largest absolute Gasteiger partial charge is 0.432 e. The molecule has 0 atom stereocenters. The summed E-state index contributed by atoms with van der Waals surface area (Å²) in [6, 6.07) is 36.6. The Labute approximate surface area is 221 Å². The molecule has 7 heteroatoms. The molecule has 0 amide bonds. The van der Waals surface area contributed by atoms with Crippen LogP contribution >= 0.6 is 0 Å². The van der Waals surface area contributed by atoms with E-state index in [1.165, 1.54) is 0 Å². The lowest BCUT2D eigenvalue weighted by molar-refractivity contribution is 0.107. The smallest absolute Gasteiger partial charge is 0.330 e. The molecule has 5 nitrogen and oxygen atoms in total. The molecule has 0 aliphatic heterocycles. The van der Waals surface area contributed by atoms with Crippen molar-refractivity contribution in [3.05, 3.63) is 120 Å². The lowest BCUT2D eigenvalue weighted by atomic mass is 9.84. The van der Waals surface area contributed by atoms with Crippen LogP contribution in [0, 0.1) is 0 Å². The van der Waals surface area contributed by atoms with Gasteiger partial charge in [0, 0.05) is 37.7 Å². The van der Waals surface area contributed by atoms with Crippen molar-refractivity contribution < 1.29 is 14.0 Å². The molecule has 0 aliphatic rings. The third-order valence-corrected chi connectivity index (χ3v) is 5.64. The van der Waals surface area contributed by atoms with Crippen molar-refractivity contribution in [3.8, 4) is 0 Å². The Balaban J connectivity index is 1.11. The Bertz CT molecular complexity index is 1160. The molecule has 0 unspecified atom stereocenters. The number of hydrogen-bond acceptors (Lipinski definition) is 5. The molecule has 0 bridgehead atoms. The SMILES string of the molecule is [B](OCCNc1ccccc1)c1ccc(COCc2ccccc2[B]OCCNc2ccccc2)cc1. The van der Waals surface area contributed by atoms with Crippen molar-refractivity contribution in [3.63, 3.8) is 0 Å². The van der Waals surface area contributed by atoms with Gasteiger partial charge >= 0.3 is 15.0 Å². The second kappa shape index (κ2) is 15.6. The Morgan fingerprint density at radius 1 is 0.541 bits per heavy atom. The molecule has 0 heterocycles. The summed E-state index contributed by atoms with van der Waals surface area (Å²) in [6.07, 6.45) is 0. The quantitative estimate of drug-likeness (QED) is 0.183. The van der Waals surface area contributed by atoms with Crippen molar-refractivity contribution in [1.29, 1.82) is 0 Å². The van der Waals surface area contributed by atoms with E-state index in [-0.39, 0.29) is 0 Å². The number of nitrogens with one attached hydrogen (secondary N) is 2. The number of para-hydroxylation sites is 2. The highest BCUT2D eigenvalue weighted by Crippen LogP contribution is 2.06. The van der Waals surface area contributed by atoms with Crippen LogP contribution in [0.4, 0.5) is 11.4 Å². The van der Waals surface area contributed by atoms with E-state index in [1.54, 1.807) is 7.48 Å². The van der Waals surface area contributed by atoms with Gasteiger partial charge in [-0.2, -0.15) is 0 Å². The van der Waals surface area contributed by atoms with E-state index in [0.29, 0.717) is 26.4 Å². The van der Waals surface area contributed by atoms with E-state index in [1.807, 2.05) is 98.5 Å². The average Bonchev–Trinajstić information content (AvgIpc) is 2.95. The summed E-state index contributed by atoms with van der Waals surface area (Å²) < 4.78 is 17.4. The maximum absolute atomic E-state index is 5.99. The minimum absolute atomic E-state index is 0.518. The Morgan fingerprint density at radius 2 is 1.11 bits per heavy atom. The Morgan fingerprint density at radius 3 is 1.76 bits per heavy atom. The zero-order chi connectivity index (χ0) is 25.4. The van der Waals surface area contributed by atoms with Gasteiger partial charge in [0.05, 0.1) is 13.2 Å². The second-order valence-corrected chi connectivity index (χ2v) is 8.50. The third kappa shape index (κ3) is 9.81. The van der Waals surface area contributed by atoms with Crippen LogP contribution in [0.3, 0.4) is 0 Å². The highest BCUT2D eigenvalue weighted by molar-refractivity contribution is 6.47. The molecule has 0 aliphatic carbocycles. The van der Waals surface area contributed by atoms with Gasteiger partial charge in [0.15, 0.2) is 0 Å². The summed E-state index contributed by atoms with van der Waals surface area (Å²) in [7, 11) is 3.60. The first kappa shape index (κ1) is 26.6. The summed E-state index contributed by atoms with van der Waals surface area (Å²) in [4.78, 5) is 0. The van der Waals surface area contributed by atoms with Crippen molar-refractivity contribution in [2.75, 3.05) is 36.9 Å². The Hall–Kier alpha value is -3.51. The first-order valence-corrected chi connectivity index (χ1v) is 12.6. The van der Waals surface area contributed by atoms with E-state index in [9.17, 15) is 0 Å². The number of benzene rings is 4. The highest BCUT2D eigenvalue weighted by atomic mass is 16.5. The van der Waals surface area contributed by atoms with E-state index in [2.05, 4.69) is 28.8 Å². The van der Waals surface area contributed by atoms with Gasteiger partial charge in [0.2, 0.25) is 0 Å². The molecule has 0 aromatic heterocycles. The van der Waals surface area contributed by atoms with E-state index in [4.69, 9.17) is 14.0 Å². The predicted octanol–water partition coefficient (Wildman–Crippen LogP) is 4.15. The summed E-state index contributed by atoms with van der Waals surface area (Å²) in [5, 5.41) is 6.67. The molecule has 0 fully saturated rings. The topological polar surface area (TPSA) is 51.8 Å². The van der Waals surface area contributed by atoms with Crippen molar-refractivity contribution in [1.82, 2.24) is 0 Å². The van der Waals surface area contributed by atoms with Gasteiger partial charge in [-0.05, 0) is 40.9 Å². The van der Waals surface area contributed by atoms with Crippen molar-refractivity contribution >= 4 is 37.3 Å². The molecule has 0 saturated carbocycles. The minimum atomic E-state index is 0.518. The zero-order valence-electron chi connectivity index (χ0n) is 21.0. The van der Waals surface area contributed by atoms with Gasteiger partial charge in [0.25, 0.3) is 0 Å². The second-order valence-electron chi connectivity index (χ2n) is 8.50. The number of rotatable bonds is 16. The molecule has 0 spiro atoms. The molecule has 186 valence electrons. The summed E-state index contributed by atoms with van der Waals surface area (Å²) in [5.41, 5.74) is 6.47. The molecule has 37 heavy (non-hydrogen) atoms. The minimum Gasteiger partial charge on any atom is -0.432 e. The van der Waals surface area contributed by atoms with Crippen molar-refractivity contribution in [2.45, 2.75) is 13.2 Å². The van der Waals surface area contributed by atoms with Crippen LogP contribution < -0.4 is 21.6 Å². The fourth-order valence-electron chi connectivity index (χ4n) is 3.68. The zero-order valence-corrected chi connectivity index (χ0v) is 21.0. The molecule has 2 N–H and O–H groups in total. The van der Waals surface area contributed by atoms with Gasteiger partial charge in [-0.15, -0.1) is 0 Å². The maximum atomic E-state index is 5.99. The molecular weight excluding hydrogens is 458 g/mol. The standard InChI is InChI=1S/C30H32B2N2O3/c1-3-10-28(11-4-1)33-19-21-36-31-27-17-15-25(16-18-27)23-35-24-26-9-7-8-14-30(26)32-37-22-20-34-29-12-5-2-6-13-29/h1-18,33-34H,19-24H2. The molecule has 4 aromatic rings. The average molecular weight is 490 g/mol. The van der Waals surface area contributed by atoms with Crippen LogP contribution in [0.5, 0.6) is 0 Å². The van der Waals surface area contributed by atoms with E-state index < -0.39 is 0 Å². The lowest BCUT2D eigenvalue weighted by Crippen LogP contribution is -2.24. The molecule has 2 radical (unpaired) electrons. The van der Waals surface area contributed by atoms with Gasteiger partial charge < -0.3 is 24.7 Å². The summed E-state index contributed by atoms with van der Waals surface area (Å²) >= 11 is 0.